The first-order valence-electron chi connectivity index (χ1n) is 7.68. The minimum absolute atomic E-state index is 0.0496. The number of ether oxygens (including phenoxy) is 1. The van der Waals surface area contributed by atoms with Crippen molar-refractivity contribution >= 4 is 38.3 Å². The van der Waals surface area contributed by atoms with Gasteiger partial charge in [-0.25, -0.2) is 0 Å². The Labute approximate surface area is 139 Å². The molecule has 0 saturated carbocycles. The zero-order valence-electron chi connectivity index (χ0n) is 12.0. The van der Waals surface area contributed by atoms with Crippen molar-refractivity contribution in [3.8, 4) is 0 Å². The number of alkyl halides is 1. The van der Waals surface area contributed by atoms with Crippen LogP contribution in [0, 0.1) is 0 Å². The van der Waals surface area contributed by atoms with Crippen molar-refractivity contribution in [3.05, 3.63) is 46.4 Å². The van der Waals surface area contributed by atoms with Crippen LogP contribution in [-0.4, -0.2) is 12.7 Å². The molecule has 21 heavy (non-hydrogen) atoms. The van der Waals surface area contributed by atoms with Crippen LogP contribution in [0.4, 0.5) is 0 Å². The Morgan fingerprint density at radius 3 is 2.71 bits per heavy atom. The van der Waals surface area contributed by atoms with Crippen molar-refractivity contribution in [1.82, 2.24) is 0 Å². The number of hydrogen-bond acceptors (Lipinski definition) is 1. The quantitative estimate of drug-likeness (QED) is 0.582. The molecule has 3 heteroatoms. The molecule has 3 rings (SSSR count). The van der Waals surface area contributed by atoms with Gasteiger partial charge in [0.15, 0.2) is 0 Å². The SMILES string of the molecule is ClC(CCC1CCCCO1)c1ccc(Br)c2ccccc12. The minimum atomic E-state index is 0.0496. The van der Waals surface area contributed by atoms with Crippen LogP contribution < -0.4 is 0 Å². The molecule has 0 bridgehead atoms. The lowest BCUT2D eigenvalue weighted by atomic mass is 9.97. The summed E-state index contributed by atoms with van der Waals surface area (Å²) < 4.78 is 6.93. The van der Waals surface area contributed by atoms with Crippen molar-refractivity contribution in [1.29, 1.82) is 0 Å². The largest absolute Gasteiger partial charge is 0.378 e. The second kappa shape index (κ2) is 7.13. The molecule has 2 unspecified atom stereocenters. The standard InChI is InChI=1S/C18H20BrClO/c19-17-10-9-16(14-6-1-2-7-15(14)17)18(20)11-8-13-5-3-4-12-21-13/h1-2,6-7,9-10,13,18H,3-5,8,11-12H2. The molecular weight excluding hydrogens is 348 g/mol. The van der Waals surface area contributed by atoms with Crippen LogP contribution in [0.1, 0.15) is 43.0 Å². The molecule has 1 saturated heterocycles. The van der Waals surface area contributed by atoms with E-state index in [-0.39, 0.29) is 5.38 Å². The summed E-state index contributed by atoms with van der Waals surface area (Å²) in [6, 6.07) is 12.7. The summed E-state index contributed by atoms with van der Waals surface area (Å²) in [6.45, 7) is 0.916. The topological polar surface area (TPSA) is 9.23 Å². The minimum Gasteiger partial charge on any atom is -0.378 e. The molecule has 1 nitrogen and oxygen atoms in total. The van der Waals surface area contributed by atoms with E-state index in [1.165, 1.54) is 35.6 Å². The summed E-state index contributed by atoms with van der Waals surface area (Å²) in [6.07, 6.45) is 6.11. The van der Waals surface area contributed by atoms with Crippen LogP contribution in [0.3, 0.4) is 0 Å². The first-order chi connectivity index (χ1) is 10.3. The first kappa shape index (κ1) is 15.3. The summed E-state index contributed by atoms with van der Waals surface area (Å²) in [5.41, 5.74) is 1.23. The first-order valence-corrected chi connectivity index (χ1v) is 8.91. The van der Waals surface area contributed by atoms with Gasteiger partial charge in [0.05, 0.1) is 11.5 Å². The maximum Gasteiger partial charge on any atom is 0.0592 e. The van der Waals surface area contributed by atoms with E-state index < -0.39 is 0 Å². The van der Waals surface area contributed by atoms with Gasteiger partial charge >= 0.3 is 0 Å². The highest BCUT2D eigenvalue weighted by atomic mass is 79.9. The number of halogens is 2. The Morgan fingerprint density at radius 2 is 1.95 bits per heavy atom. The van der Waals surface area contributed by atoms with Crippen LogP contribution in [-0.2, 0) is 4.74 Å². The molecule has 2 atom stereocenters. The summed E-state index contributed by atoms with van der Waals surface area (Å²) >= 11 is 10.3. The maximum absolute atomic E-state index is 6.69. The lowest BCUT2D eigenvalue weighted by Gasteiger charge is -2.23. The number of fused-ring (bicyclic) bond motifs is 1. The molecule has 0 N–H and O–H groups in total. The van der Waals surface area contributed by atoms with E-state index in [9.17, 15) is 0 Å². The van der Waals surface area contributed by atoms with Crippen LogP contribution in [0.25, 0.3) is 10.8 Å². The molecule has 1 aliphatic rings. The van der Waals surface area contributed by atoms with Crippen molar-refractivity contribution in [2.24, 2.45) is 0 Å². The zero-order valence-corrected chi connectivity index (χ0v) is 14.4. The Balaban J connectivity index is 1.75. The third-order valence-electron chi connectivity index (χ3n) is 4.26. The smallest absolute Gasteiger partial charge is 0.0592 e. The molecule has 0 radical (unpaired) electrons. The van der Waals surface area contributed by atoms with Gasteiger partial charge in [-0.05, 0) is 54.5 Å². The zero-order chi connectivity index (χ0) is 14.7. The van der Waals surface area contributed by atoms with E-state index >= 15 is 0 Å². The fourth-order valence-electron chi connectivity index (χ4n) is 3.08. The van der Waals surface area contributed by atoms with Crippen molar-refractivity contribution in [3.63, 3.8) is 0 Å². The predicted octanol–water partition coefficient (Wildman–Crippen LogP) is 6.23. The molecular formula is C18H20BrClO. The van der Waals surface area contributed by atoms with Crippen LogP contribution >= 0.6 is 27.5 Å². The predicted molar refractivity (Wildman–Crippen MR) is 93.1 cm³/mol. The van der Waals surface area contributed by atoms with Crippen LogP contribution in [0.2, 0.25) is 0 Å². The molecule has 0 aromatic heterocycles. The van der Waals surface area contributed by atoms with Crippen molar-refractivity contribution < 1.29 is 4.74 Å². The summed E-state index contributed by atoms with van der Waals surface area (Å²) in [5, 5.41) is 2.53. The van der Waals surface area contributed by atoms with Gasteiger partial charge in [0, 0.05) is 11.1 Å². The van der Waals surface area contributed by atoms with E-state index in [1.807, 2.05) is 0 Å². The van der Waals surface area contributed by atoms with Gasteiger partial charge in [-0.2, -0.15) is 0 Å². The molecule has 1 fully saturated rings. The Morgan fingerprint density at radius 1 is 1.14 bits per heavy atom. The Bertz CT molecular complexity index is 607. The van der Waals surface area contributed by atoms with Crippen LogP contribution in [0.5, 0.6) is 0 Å². The fourth-order valence-corrected chi connectivity index (χ4v) is 3.88. The highest BCUT2D eigenvalue weighted by Gasteiger charge is 2.18. The molecule has 0 spiro atoms. The average Bonchev–Trinajstić information content (AvgIpc) is 2.54. The lowest BCUT2D eigenvalue weighted by molar-refractivity contribution is 0.0100. The second-order valence-corrected chi connectivity index (χ2v) is 7.10. The van der Waals surface area contributed by atoms with Gasteiger partial charge in [-0.3, -0.25) is 0 Å². The van der Waals surface area contributed by atoms with Crippen LogP contribution in [0.15, 0.2) is 40.9 Å². The maximum atomic E-state index is 6.69. The van der Waals surface area contributed by atoms with E-state index in [0.717, 1.165) is 23.9 Å². The fraction of sp³-hybridized carbons (Fsp3) is 0.444. The van der Waals surface area contributed by atoms with Gasteiger partial charge in [0.1, 0.15) is 0 Å². The average molecular weight is 368 g/mol. The Hall–Kier alpha value is -0.570. The van der Waals surface area contributed by atoms with Gasteiger partial charge in [-0.15, -0.1) is 11.6 Å². The van der Waals surface area contributed by atoms with Crippen molar-refractivity contribution in [2.45, 2.75) is 43.6 Å². The summed E-state index contributed by atoms with van der Waals surface area (Å²) in [5.74, 6) is 0. The second-order valence-electron chi connectivity index (χ2n) is 5.72. The lowest BCUT2D eigenvalue weighted by Crippen LogP contribution is -2.19. The number of rotatable bonds is 4. The van der Waals surface area contributed by atoms with Gasteiger partial charge in [0.25, 0.3) is 0 Å². The normalized spacial score (nSPS) is 20.6. The monoisotopic (exact) mass is 366 g/mol. The van der Waals surface area contributed by atoms with Gasteiger partial charge < -0.3 is 4.74 Å². The van der Waals surface area contributed by atoms with E-state index in [2.05, 4.69) is 52.3 Å². The number of hydrogen-bond donors (Lipinski definition) is 0. The van der Waals surface area contributed by atoms with E-state index in [1.54, 1.807) is 0 Å². The molecule has 2 aromatic rings. The van der Waals surface area contributed by atoms with Gasteiger partial charge in [0.2, 0.25) is 0 Å². The molecule has 0 aliphatic carbocycles. The molecule has 2 aromatic carbocycles. The third-order valence-corrected chi connectivity index (χ3v) is 5.40. The molecule has 1 aliphatic heterocycles. The van der Waals surface area contributed by atoms with Gasteiger partial charge in [-0.1, -0.05) is 46.3 Å². The van der Waals surface area contributed by atoms with E-state index in [0.29, 0.717) is 6.10 Å². The third kappa shape index (κ3) is 3.61. The van der Waals surface area contributed by atoms with E-state index in [4.69, 9.17) is 16.3 Å². The molecule has 1 heterocycles. The highest BCUT2D eigenvalue weighted by molar-refractivity contribution is 9.10. The molecule has 0 amide bonds. The number of benzene rings is 2. The Kier molecular flexibility index (Phi) is 5.20. The highest BCUT2D eigenvalue weighted by Crippen LogP contribution is 2.36. The molecule has 112 valence electrons. The van der Waals surface area contributed by atoms with Crippen molar-refractivity contribution in [2.75, 3.05) is 6.61 Å². The summed E-state index contributed by atoms with van der Waals surface area (Å²) in [4.78, 5) is 0. The summed E-state index contributed by atoms with van der Waals surface area (Å²) in [7, 11) is 0.